The Hall–Kier alpha value is -2.43. The Labute approximate surface area is 160 Å². The summed E-state index contributed by atoms with van der Waals surface area (Å²) in [6.07, 6.45) is 9.32. The summed E-state index contributed by atoms with van der Waals surface area (Å²) in [4.78, 5) is 35.0. The third kappa shape index (κ3) is 6.66. The Morgan fingerprint density at radius 1 is 1.15 bits per heavy atom. The van der Waals surface area contributed by atoms with E-state index in [1.165, 1.54) is 0 Å². The summed E-state index contributed by atoms with van der Waals surface area (Å²) in [5, 5.41) is 8.64. The third-order valence-electron chi connectivity index (χ3n) is 5.18. The first-order valence-corrected chi connectivity index (χ1v) is 9.62. The van der Waals surface area contributed by atoms with Gasteiger partial charge in [0.15, 0.2) is 5.78 Å². The van der Waals surface area contributed by atoms with Crippen molar-refractivity contribution in [3.05, 3.63) is 42.0 Å². The van der Waals surface area contributed by atoms with Gasteiger partial charge in [0.1, 0.15) is 11.5 Å². The zero-order valence-corrected chi connectivity index (χ0v) is 15.9. The van der Waals surface area contributed by atoms with Gasteiger partial charge in [0, 0.05) is 24.3 Å². The van der Waals surface area contributed by atoms with E-state index >= 15 is 0 Å². The van der Waals surface area contributed by atoms with Crippen molar-refractivity contribution < 1.29 is 24.2 Å². The van der Waals surface area contributed by atoms with Gasteiger partial charge in [-0.1, -0.05) is 25.3 Å². The van der Waals surface area contributed by atoms with Crippen molar-refractivity contribution in [2.75, 3.05) is 7.11 Å². The van der Waals surface area contributed by atoms with Crippen LogP contribution in [0.25, 0.3) is 0 Å². The molecule has 1 aliphatic carbocycles. The minimum absolute atomic E-state index is 0.00982. The van der Waals surface area contributed by atoms with E-state index in [1.54, 1.807) is 37.5 Å². The summed E-state index contributed by atoms with van der Waals surface area (Å²) in [5.74, 6) is 0.285. The molecular formula is C22H28O5. The molecule has 5 heteroatoms. The smallest absolute Gasteiger partial charge is 0.303 e. The van der Waals surface area contributed by atoms with E-state index in [0.717, 1.165) is 32.1 Å². The molecule has 0 heterocycles. The van der Waals surface area contributed by atoms with Gasteiger partial charge >= 0.3 is 5.97 Å². The number of carbonyl (C=O) groups excluding carboxylic acids is 2. The van der Waals surface area contributed by atoms with Gasteiger partial charge < -0.3 is 9.84 Å². The first-order chi connectivity index (χ1) is 13.0. The Kier molecular flexibility index (Phi) is 8.24. The first kappa shape index (κ1) is 20.9. The van der Waals surface area contributed by atoms with Crippen molar-refractivity contribution >= 4 is 17.5 Å². The molecule has 1 saturated carbocycles. The van der Waals surface area contributed by atoms with Crippen LogP contribution < -0.4 is 4.74 Å². The molecule has 1 fully saturated rings. The summed E-state index contributed by atoms with van der Waals surface area (Å²) in [6.45, 7) is 0. The Morgan fingerprint density at radius 3 is 2.52 bits per heavy atom. The molecule has 146 valence electrons. The second-order valence-corrected chi connectivity index (χ2v) is 7.07. The molecule has 2 atom stereocenters. The number of Topliss-reactive ketones (excluding diaryl/α,β-unsaturated/α-hetero) is 1. The summed E-state index contributed by atoms with van der Waals surface area (Å²) >= 11 is 0. The lowest BCUT2D eigenvalue weighted by Crippen LogP contribution is -2.13. The Morgan fingerprint density at radius 2 is 1.85 bits per heavy atom. The van der Waals surface area contributed by atoms with Crippen molar-refractivity contribution in [3.63, 3.8) is 0 Å². The van der Waals surface area contributed by atoms with Crippen LogP contribution in [0.15, 0.2) is 36.4 Å². The maximum absolute atomic E-state index is 12.3. The maximum atomic E-state index is 12.3. The highest BCUT2D eigenvalue weighted by Gasteiger charge is 2.32. The molecular weight excluding hydrogens is 344 g/mol. The normalized spacial score (nSPS) is 19.5. The number of hydrogen-bond donors (Lipinski definition) is 1. The number of methoxy groups -OCH3 is 1. The molecule has 27 heavy (non-hydrogen) atoms. The van der Waals surface area contributed by atoms with Gasteiger partial charge in [-0.2, -0.15) is 0 Å². The van der Waals surface area contributed by atoms with E-state index in [4.69, 9.17) is 9.84 Å². The van der Waals surface area contributed by atoms with Crippen molar-refractivity contribution in [1.29, 1.82) is 0 Å². The molecule has 0 aliphatic heterocycles. The monoisotopic (exact) mass is 372 g/mol. The minimum atomic E-state index is -0.757. The fraction of sp³-hybridized carbons (Fsp3) is 0.500. The zero-order chi connectivity index (χ0) is 19.6. The van der Waals surface area contributed by atoms with Crippen LogP contribution in [-0.4, -0.2) is 29.8 Å². The first-order valence-electron chi connectivity index (χ1n) is 9.62. The van der Waals surface area contributed by atoms with Crippen LogP contribution in [0.1, 0.15) is 61.7 Å². The van der Waals surface area contributed by atoms with Crippen LogP contribution in [0, 0.1) is 11.8 Å². The topological polar surface area (TPSA) is 80.7 Å². The van der Waals surface area contributed by atoms with Gasteiger partial charge in [0.25, 0.3) is 0 Å². The molecule has 2 unspecified atom stereocenters. The highest BCUT2D eigenvalue weighted by atomic mass is 16.5. The summed E-state index contributed by atoms with van der Waals surface area (Å²) in [7, 11) is 1.58. The number of carboxylic acid groups (broad SMARTS) is 1. The highest BCUT2D eigenvalue weighted by Crippen LogP contribution is 2.34. The van der Waals surface area contributed by atoms with E-state index in [0.29, 0.717) is 24.2 Å². The van der Waals surface area contributed by atoms with E-state index < -0.39 is 5.97 Å². The number of hydrogen-bond acceptors (Lipinski definition) is 4. The lowest BCUT2D eigenvalue weighted by Gasteiger charge is -2.14. The molecule has 1 aromatic rings. The number of carbonyl (C=O) groups is 3. The van der Waals surface area contributed by atoms with Crippen molar-refractivity contribution in [3.8, 4) is 5.75 Å². The highest BCUT2D eigenvalue weighted by molar-refractivity contribution is 6.04. The molecule has 0 aromatic heterocycles. The van der Waals surface area contributed by atoms with E-state index in [2.05, 4.69) is 0 Å². The molecule has 0 spiro atoms. The van der Waals surface area contributed by atoms with Gasteiger partial charge in [0.2, 0.25) is 0 Å². The number of aliphatic carboxylic acids is 1. The summed E-state index contributed by atoms with van der Waals surface area (Å²) in [6, 6.07) is 6.99. The fourth-order valence-corrected chi connectivity index (χ4v) is 3.60. The third-order valence-corrected chi connectivity index (χ3v) is 5.18. The van der Waals surface area contributed by atoms with E-state index in [9.17, 15) is 14.4 Å². The Bertz CT molecular complexity index is 674. The second-order valence-electron chi connectivity index (χ2n) is 7.07. The predicted octanol–water partition coefficient (Wildman–Crippen LogP) is 4.45. The number of rotatable bonds is 11. The molecule has 1 aromatic carbocycles. The van der Waals surface area contributed by atoms with Crippen LogP contribution in [0.4, 0.5) is 0 Å². The van der Waals surface area contributed by atoms with Gasteiger partial charge in [0.05, 0.1) is 7.11 Å². The predicted molar refractivity (Wildman–Crippen MR) is 103 cm³/mol. The van der Waals surface area contributed by atoms with Gasteiger partial charge in [-0.05, 0) is 55.5 Å². The largest absolute Gasteiger partial charge is 0.497 e. The van der Waals surface area contributed by atoms with Crippen LogP contribution in [0.3, 0.4) is 0 Å². The molecule has 0 saturated heterocycles. The molecule has 1 N–H and O–H groups in total. The molecule has 1 aliphatic rings. The summed E-state index contributed by atoms with van der Waals surface area (Å²) < 4.78 is 5.09. The molecule has 5 nitrogen and oxygen atoms in total. The number of unbranched alkanes of at least 4 members (excludes halogenated alkanes) is 3. The average Bonchev–Trinajstić information content (AvgIpc) is 3.02. The summed E-state index contributed by atoms with van der Waals surface area (Å²) in [5.41, 5.74) is 0.603. The minimum Gasteiger partial charge on any atom is -0.497 e. The Balaban J connectivity index is 1.82. The quantitative estimate of drug-likeness (QED) is 0.352. The molecule has 0 bridgehead atoms. The van der Waals surface area contributed by atoms with E-state index in [-0.39, 0.29) is 29.8 Å². The van der Waals surface area contributed by atoms with E-state index in [1.807, 2.05) is 6.08 Å². The van der Waals surface area contributed by atoms with Gasteiger partial charge in [-0.25, -0.2) is 0 Å². The van der Waals surface area contributed by atoms with Crippen LogP contribution in [0.5, 0.6) is 5.75 Å². The zero-order valence-electron chi connectivity index (χ0n) is 15.9. The molecule has 0 radical (unpaired) electrons. The number of ether oxygens (including phenoxy) is 1. The fourth-order valence-electron chi connectivity index (χ4n) is 3.60. The standard InChI is InChI=1S/C22H28O5/c1-27-18-12-8-17(9-13-18)20(23)14-10-16-11-15-21(24)19(16)6-4-2-3-5-7-22(25)26/h8-10,12-14,16,19H,2-7,11,15H2,1H3,(H,25,26). The number of ketones is 2. The van der Waals surface area contributed by atoms with Crippen LogP contribution in [0.2, 0.25) is 0 Å². The molecule has 0 amide bonds. The lowest BCUT2D eigenvalue weighted by molar-refractivity contribution is -0.137. The average molecular weight is 372 g/mol. The molecule has 2 rings (SSSR count). The second kappa shape index (κ2) is 10.7. The van der Waals surface area contributed by atoms with Crippen LogP contribution >= 0.6 is 0 Å². The van der Waals surface area contributed by atoms with Crippen molar-refractivity contribution in [2.24, 2.45) is 11.8 Å². The lowest BCUT2D eigenvalue weighted by atomic mass is 9.89. The SMILES string of the molecule is COc1ccc(C(=O)C=CC2CCC(=O)C2CCCCCCC(=O)O)cc1. The number of allylic oxidation sites excluding steroid dienone is 2. The number of carboxylic acids is 1. The van der Waals surface area contributed by atoms with Crippen LogP contribution in [-0.2, 0) is 9.59 Å². The maximum Gasteiger partial charge on any atom is 0.303 e. The van der Waals surface area contributed by atoms with Gasteiger partial charge in [-0.3, -0.25) is 14.4 Å². The van der Waals surface area contributed by atoms with Gasteiger partial charge in [-0.15, -0.1) is 0 Å². The van der Waals surface area contributed by atoms with Crippen molar-refractivity contribution in [1.82, 2.24) is 0 Å². The van der Waals surface area contributed by atoms with Crippen molar-refractivity contribution in [2.45, 2.75) is 51.4 Å². The number of benzene rings is 1.